The summed E-state index contributed by atoms with van der Waals surface area (Å²) in [4.78, 5) is 45.4. The fourth-order valence-electron chi connectivity index (χ4n) is 4.36. The van der Waals surface area contributed by atoms with Gasteiger partial charge in [0.05, 0.1) is 12.1 Å². The molecule has 0 radical (unpaired) electrons. The van der Waals surface area contributed by atoms with E-state index in [-0.39, 0.29) is 29.5 Å². The van der Waals surface area contributed by atoms with E-state index in [1.165, 1.54) is 10.6 Å². The Bertz CT molecular complexity index is 1000. The summed E-state index contributed by atoms with van der Waals surface area (Å²) in [7, 11) is 1.65. The number of aryl methyl sites for hydroxylation is 2. The van der Waals surface area contributed by atoms with Crippen molar-refractivity contribution in [1.29, 1.82) is 0 Å². The molecule has 2 atom stereocenters. The molecule has 0 unspecified atom stereocenters. The van der Waals surface area contributed by atoms with Crippen LogP contribution in [0.1, 0.15) is 35.2 Å². The smallest absolute Gasteiger partial charge is 0.254 e. The molecule has 1 N–H and O–H groups in total. The third-order valence-corrected chi connectivity index (χ3v) is 6.02. The lowest BCUT2D eigenvalue weighted by Gasteiger charge is -2.25. The highest BCUT2D eigenvalue weighted by Gasteiger charge is 2.48. The number of likely N-dealkylation sites (tertiary alicyclic amines) is 2. The number of hydrogen-bond acceptors (Lipinski definition) is 5. The van der Waals surface area contributed by atoms with E-state index < -0.39 is 0 Å². The van der Waals surface area contributed by atoms with Gasteiger partial charge in [0.15, 0.2) is 0 Å². The van der Waals surface area contributed by atoms with Crippen LogP contribution in [0.3, 0.4) is 0 Å². The fourth-order valence-corrected chi connectivity index (χ4v) is 4.36. The van der Waals surface area contributed by atoms with Crippen molar-refractivity contribution < 1.29 is 9.59 Å². The summed E-state index contributed by atoms with van der Waals surface area (Å²) in [6.45, 7) is 4.00. The second kappa shape index (κ2) is 8.30. The first kappa shape index (κ1) is 20.1. The first-order valence-electron chi connectivity index (χ1n) is 10.4. The zero-order valence-corrected chi connectivity index (χ0v) is 17.4. The number of pyridine rings is 2. The number of nitrogens with zero attached hydrogens (tertiary/aromatic N) is 4. The minimum atomic E-state index is -0.212. The molecule has 8 nitrogen and oxygen atoms in total. The molecule has 2 aliphatic rings. The summed E-state index contributed by atoms with van der Waals surface area (Å²) >= 11 is 0. The maximum absolute atomic E-state index is 12.9. The van der Waals surface area contributed by atoms with E-state index in [1.54, 1.807) is 24.2 Å². The average molecular weight is 409 g/mol. The molecular formula is C22H27N5O3. The van der Waals surface area contributed by atoms with Crippen LogP contribution in [0.5, 0.6) is 0 Å². The summed E-state index contributed by atoms with van der Waals surface area (Å²) in [5, 5.41) is 3.28. The van der Waals surface area contributed by atoms with Crippen LogP contribution < -0.4 is 10.9 Å². The summed E-state index contributed by atoms with van der Waals surface area (Å²) in [5.74, 6) is 0.764. The van der Waals surface area contributed by atoms with Crippen LogP contribution >= 0.6 is 0 Å². The van der Waals surface area contributed by atoms with E-state index in [1.807, 2.05) is 30.2 Å². The fraction of sp³-hybridized carbons (Fsp3) is 0.455. The Morgan fingerprint density at radius 2 is 2.07 bits per heavy atom. The number of carbonyl (C=O) groups excluding carboxylic acids is 2. The lowest BCUT2D eigenvalue weighted by Crippen LogP contribution is -2.40. The highest BCUT2D eigenvalue weighted by Crippen LogP contribution is 2.33. The van der Waals surface area contributed by atoms with E-state index in [4.69, 9.17) is 0 Å². The first-order chi connectivity index (χ1) is 14.4. The van der Waals surface area contributed by atoms with Crippen molar-refractivity contribution in [3.8, 4) is 0 Å². The van der Waals surface area contributed by atoms with Crippen molar-refractivity contribution in [2.75, 3.05) is 25.0 Å². The summed E-state index contributed by atoms with van der Waals surface area (Å²) in [6.07, 6.45) is 5.37. The molecule has 0 aromatic carbocycles. The average Bonchev–Trinajstić information content (AvgIpc) is 3.27. The van der Waals surface area contributed by atoms with Crippen molar-refractivity contribution in [1.82, 2.24) is 19.4 Å². The normalized spacial score (nSPS) is 20.5. The Kier molecular flexibility index (Phi) is 5.57. The van der Waals surface area contributed by atoms with Crippen LogP contribution in [0.25, 0.3) is 0 Å². The standard InChI is InChI=1S/C22H27N5O3/c1-15-4-5-19(24-14-15)23-8-3-9-26-17-7-11-27(18(17)13-21(26)29)22(30)16-6-10-25(2)20(28)12-16/h4-6,10,12,14,17-18H,3,7-9,11,13H2,1-2H3,(H,23,24)/t17-,18-/m0/s1. The molecule has 2 saturated heterocycles. The van der Waals surface area contributed by atoms with Crippen molar-refractivity contribution in [2.45, 2.75) is 38.3 Å². The van der Waals surface area contributed by atoms with Gasteiger partial charge in [0.1, 0.15) is 5.82 Å². The van der Waals surface area contributed by atoms with E-state index in [0.29, 0.717) is 25.1 Å². The van der Waals surface area contributed by atoms with Crippen molar-refractivity contribution in [3.05, 3.63) is 58.1 Å². The maximum atomic E-state index is 12.9. The number of amides is 2. The molecule has 2 aromatic rings. The molecule has 0 spiro atoms. The zero-order valence-electron chi connectivity index (χ0n) is 17.4. The van der Waals surface area contributed by atoms with Gasteiger partial charge in [-0.25, -0.2) is 4.98 Å². The third-order valence-electron chi connectivity index (χ3n) is 6.02. The minimum absolute atomic E-state index is 0.0606. The lowest BCUT2D eigenvalue weighted by molar-refractivity contribution is -0.129. The van der Waals surface area contributed by atoms with E-state index in [9.17, 15) is 14.4 Å². The van der Waals surface area contributed by atoms with Gasteiger partial charge in [-0.1, -0.05) is 6.07 Å². The quantitative estimate of drug-likeness (QED) is 0.729. The largest absolute Gasteiger partial charge is 0.370 e. The van der Waals surface area contributed by atoms with E-state index in [2.05, 4.69) is 10.3 Å². The van der Waals surface area contributed by atoms with Gasteiger partial charge in [0.25, 0.3) is 11.5 Å². The van der Waals surface area contributed by atoms with Gasteiger partial charge in [0.2, 0.25) is 5.91 Å². The number of anilines is 1. The second-order valence-electron chi connectivity index (χ2n) is 8.08. The molecule has 2 fully saturated rings. The number of hydrogen-bond donors (Lipinski definition) is 1. The van der Waals surface area contributed by atoms with Crippen LogP contribution in [0, 0.1) is 6.92 Å². The van der Waals surface area contributed by atoms with Crippen LogP contribution in [0.4, 0.5) is 5.82 Å². The van der Waals surface area contributed by atoms with Crippen LogP contribution in [0.15, 0.2) is 41.5 Å². The number of rotatable bonds is 6. The second-order valence-corrected chi connectivity index (χ2v) is 8.08. The van der Waals surface area contributed by atoms with Gasteiger partial charge in [-0.3, -0.25) is 14.4 Å². The molecule has 4 rings (SSSR count). The van der Waals surface area contributed by atoms with Crippen molar-refractivity contribution in [2.24, 2.45) is 7.05 Å². The van der Waals surface area contributed by atoms with Crippen LogP contribution in [0.2, 0.25) is 0 Å². The molecular weight excluding hydrogens is 382 g/mol. The molecule has 2 amide bonds. The molecule has 2 aromatic heterocycles. The Morgan fingerprint density at radius 1 is 1.23 bits per heavy atom. The van der Waals surface area contributed by atoms with Gasteiger partial charge >= 0.3 is 0 Å². The van der Waals surface area contributed by atoms with Gasteiger partial charge in [-0.2, -0.15) is 0 Å². The maximum Gasteiger partial charge on any atom is 0.254 e. The van der Waals surface area contributed by atoms with Crippen molar-refractivity contribution >= 4 is 17.6 Å². The number of fused-ring (bicyclic) bond motifs is 1. The first-order valence-corrected chi connectivity index (χ1v) is 10.4. The van der Waals surface area contributed by atoms with Gasteiger partial charge in [0, 0.05) is 57.1 Å². The number of aromatic nitrogens is 2. The zero-order chi connectivity index (χ0) is 21.3. The van der Waals surface area contributed by atoms with Crippen molar-refractivity contribution in [3.63, 3.8) is 0 Å². The molecule has 2 aliphatic heterocycles. The SMILES string of the molecule is Cc1ccc(NCCCN2C(=O)C[C@H]3[C@@H]2CCN3C(=O)c2ccn(C)c(=O)c2)nc1. The Labute approximate surface area is 175 Å². The molecule has 4 heterocycles. The molecule has 0 bridgehead atoms. The molecule has 0 saturated carbocycles. The Balaban J connectivity index is 1.34. The summed E-state index contributed by atoms with van der Waals surface area (Å²) in [6, 6.07) is 6.94. The molecule has 8 heteroatoms. The summed E-state index contributed by atoms with van der Waals surface area (Å²) < 4.78 is 1.44. The number of carbonyl (C=O) groups is 2. The predicted octanol–water partition coefficient (Wildman–Crippen LogP) is 1.41. The highest BCUT2D eigenvalue weighted by atomic mass is 16.2. The monoisotopic (exact) mass is 409 g/mol. The minimum Gasteiger partial charge on any atom is -0.370 e. The van der Waals surface area contributed by atoms with E-state index >= 15 is 0 Å². The molecule has 158 valence electrons. The topological polar surface area (TPSA) is 87.5 Å². The van der Waals surface area contributed by atoms with E-state index in [0.717, 1.165) is 30.8 Å². The van der Waals surface area contributed by atoms with Gasteiger partial charge in [-0.15, -0.1) is 0 Å². The van der Waals surface area contributed by atoms with Crippen LogP contribution in [-0.4, -0.2) is 62.9 Å². The third kappa shape index (κ3) is 3.94. The highest BCUT2D eigenvalue weighted by molar-refractivity contribution is 5.95. The van der Waals surface area contributed by atoms with Gasteiger partial charge < -0.3 is 19.7 Å². The van der Waals surface area contributed by atoms with Gasteiger partial charge in [-0.05, 0) is 37.5 Å². The number of nitrogens with one attached hydrogen (secondary N) is 1. The molecule has 30 heavy (non-hydrogen) atoms. The Hall–Kier alpha value is -3.16. The van der Waals surface area contributed by atoms with Crippen LogP contribution in [-0.2, 0) is 11.8 Å². The predicted molar refractivity (Wildman–Crippen MR) is 113 cm³/mol. The summed E-state index contributed by atoms with van der Waals surface area (Å²) in [5.41, 5.74) is 1.29. The lowest BCUT2D eigenvalue weighted by atomic mass is 10.1. The Morgan fingerprint density at radius 3 is 2.80 bits per heavy atom. The molecule has 0 aliphatic carbocycles.